The second kappa shape index (κ2) is 5.43. The molecule has 0 spiro atoms. The van der Waals surface area contributed by atoms with Crippen molar-refractivity contribution in [3.8, 4) is 0 Å². The Morgan fingerprint density at radius 3 is 3.12 bits per heavy atom. The summed E-state index contributed by atoms with van der Waals surface area (Å²) >= 11 is 6.86. The number of nitrogens with zero attached hydrogens (tertiary/aromatic N) is 1. The van der Waals surface area contributed by atoms with Crippen molar-refractivity contribution in [2.75, 3.05) is 7.05 Å². The average molecular weight is 251 g/mol. The van der Waals surface area contributed by atoms with E-state index in [0.717, 1.165) is 16.4 Å². The SMILES string of the molecule is CNNC(=S)SC1CC=Nc2ccccc21. The van der Waals surface area contributed by atoms with Crippen molar-refractivity contribution in [1.82, 2.24) is 10.9 Å². The molecule has 84 valence electrons. The molecule has 1 aliphatic rings. The minimum atomic E-state index is 0.363. The molecule has 0 radical (unpaired) electrons. The zero-order valence-electron chi connectivity index (χ0n) is 8.93. The van der Waals surface area contributed by atoms with Crippen LogP contribution in [0.5, 0.6) is 0 Å². The molecule has 0 saturated carbocycles. The van der Waals surface area contributed by atoms with Crippen LogP contribution in [0.3, 0.4) is 0 Å². The lowest BCUT2D eigenvalue weighted by molar-refractivity contribution is 0.785. The second-order valence-electron chi connectivity index (χ2n) is 3.38. The smallest absolute Gasteiger partial charge is 0.148 e. The van der Waals surface area contributed by atoms with Gasteiger partial charge in [-0.25, -0.2) is 5.43 Å². The van der Waals surface area contributed by atoms with Crippen molar-refractivity contribution < 1.29 is 0 Å². The summed E-state index contributed by atoms with van der Waals surface area (Å²) in [5, 5.41) is 0.363. The number of thiocarbonyl (C=S) groups is 1. The van der Waals surface area contributed by atoms with E-state index in [4.69, 9.17) is 12.2 Å². The third-order valence-corrected chi connectivity index (χ3v) is 3.75. The van der Waals surface area contributed by atoms with E-state index < -0.39 is 0 Å². The first-order chi connectivity index (χ1) is 7.81. The molecule has 0 bridgehead atoms. The summed E-state index contributed by atoms with van der Waals surface area (Å²) in [5.41, 5.74) is 8.07. The maximum Gasteiger partial charge on any atom is 0.148 e. The number of hydrogen-bond donors (Lipinski definition) is 2. The first-order valence-corrected chi connectivity index (χ1v) is 6.35. The molecule has 0 aromatic heterocycles. The molecule has 0 aliphatic carbocycles. The summed E-state index contributed by atoms with van der Waals surface area (Å²) in [7, 11) is 1.81. The Morgan fingerprint density at radius 1 is 1.50 bits per heavy atom. The number of nitrogens with one attached hydrogen (secondary N) is 2. The summed E-state index contributed by atoms with van der Waals surface area (Å²) in [6.45, 7) is 0. The van der Waals surface area contributed by atoms with Crippen molar-refractivity contribution in [3.63, 3.8) is 0 Å². The fourth-order valence-corrected chi connectivity index (χ4v) is 3.00. The van der Waals surface area contributed by atoms with Crippen LogP contribution in [-0.2, 0) is 0 Å². The molecule has 16 heavy (non-hydrogen) atoms. The number of rotatable bonds is 2. The Hall–Kier alpha value is -0.910. The Bertz CT molecular complexity index is 417. The molecule has 5 heteroatoms. The fourth-order valence-electron chi connectivity index (χ4n) is 1.62. The number of benzene rings is 1. The first-order valence-electron chi connectivity index (χ1n) is 5.06. The highest BCUT2D eigenvalue weighted by molar-refractivity contribution is 8.23. The molecular formula is C11H13N3S2. The van der Waals surface area contributed by atoms with Gasteiger partial charge in [-0.1, -0.05) is 42.2 Å². The van der Waals surface area contributed by atoms with Gasteiger partial charge in [-0.05, 0) is 18.1 Å². The van der Waals surface area contributed by atoms with Crippen LogP contribution in [0.15, 0.2) is 29.3 Å². The maximum atomic E-state index is 5.21. The molecule has 3 nitrogen and oxygen atoms in total. The second-order valence-corrected chi connectivity index (χ2v) is 5.25. The van der Waals surface area contributed by atoms with Crippen molar-refractivity contribution in [2.24, 2.45) is 4.99 Å². The Labute approximate surface area is 105 Å². The molecule has 2 rings (SSSR count). The van der Waals surface area contributed by atoms with Gasteiger partial charge in [0.05, 0.1) is 5.69 Å². The monoisotopic (exact) mass is 251 g/mol. The van der Waals surface area contributed by atoms with Crippen LogP contribution >= 0.6 is 24.0 Å². The van der Waals surface area contributed by atoms with Gasteiger partial charge in [0.15, 0.2) is 0 Å². The molecule has 1 aromatic rings. The Kier molecular flexibility index (Phi) is 3.93. The quantitative estimate of drug-likeness (QED) is 0.626. The summed E-state index contributed by atoms with van der Waals surface area (Å²) in [6, 6.07) is 8.20. The predicted molar refractivity (Wildman–Crippen MR) is 74.3 cm³/mol. The summed E-state index contributed by atoms with van der Waals surface area (Å²) in [4.78, 5) is 4.38. The van der Waals surface area contributed by atoms with E-state index >= 15 is 0 Å². The highest BCUT2D eigenvalue weighted by Crippen LogP contribution is 2.39. The predicted octanol–water partition coefficient (Wildman–Crippen LogP) is 2.58. The van der Waals surface area contributed by atoms with E-state index in [1.54, 1.807) is 11.8 Å². The van der Waals surface area contributed by atoms with Gasteiger partial charge >= 0.3 is 0 Å². The third kappa shape index (κ3) is 2.61. The van der Waals surface area contributed by atoms with E-state index in [2.05, 4.69) is 21.9 Å². The lowest BCUT2D eigenvalue weighted by Crippen LogP contribution is -2.31. The van der Waals surface area contributed by atoms with E-state index in [1.807, 2.05) is 31.5 Å². The van der Waals surface area contributed by atoms with Gasteiger partial charge in [-0.15, -0.1) is 0 Å². The van der Waals surface area contributed by atoms with Crippen LogP contribution in [0, 0.1) is 0 Å². The van der Waals surface area contributed by atoms with Gasteiger partial charge < -0.3 is 5.43 Å². The van der Waals surface area contributed by atoms with Crippen LogP contribution in [-0.4, -0.2) is 17.6 Å². The van der Waals surface area contributed by atoms with Gasteiger partial charge in [0.1, 0.15) is 4.32 Å². The number of hydrazine groups is 1. The number of hydrogen-bond acceptors (Lipinski definition) is 4. The highest BCUT2D eigenvalue weighted by Gasteiger charge is 2.19. The molecule has 1 heterocycles. The molecule has 2 N–H and O–H groups in total. The first kappa shape index (κ1) is 11.6. The molecular weight excluding hydrogens is 238 g/mol. The topological polar surface area (TPSA) is 36.4 Å². The zero-order valence-corrected chi connectivity index (χ0v) is 10.6. The molecule has 1 atom stereocenters. The van der Waals surface area contributed by atoms with Crippen LogP contribution in [0.4, 0.5) is 5.69 Å². The van der Waals surface area contributed by atoms with E-state index in [9.17, 15) is 0 Å². The Morgan fingerprint density at radius 2 is 2.31 bits per heavy atom. The molecule has 0 fully saturated rings. The number of thioether (sulfide) groups is 1. The third-order valence-electron chi connectivity index (χ3n) is 2.31. The highest BCUT2D eigenvalue weighted by atomic mass is 32.2. The number of aliphatic imine (C=N–C) groups is 1. The van der Waals surface area contributed by atoms with Gasteiger partial charge in [0.25, 0.3) is 0 Å². The lowest BCUT2D eigenvalue weighted by atomic mass is 10.1. The van der Waals surface area contributed by atoms with Crippen molar-refractivity contribution in [1.29, 1.82) is 0 Å². The van der Waals surface area contributed by atoms with E-state index in [-0.39, 0.29) is 0 Å². The molecule has 1 unspecified atom stereocenters. The standard InChI is InChI=1S/C11H13N3S2/c1-12-14-11(15)16-10-6-7-13-9-5-3-2-4-8(9)10/h2-5,7,10,12H,6H2,1H3,(H,14,15). The van der Waals surface area contributed by atoms with Gasteiger partial charge in [0, 0.05) is 18.5 Å². The van der Waals surface area contributed by atoms with Crippen LogP contribution < -0.4 is 10.9 Å². The zero-order chi connectivity index (χ0) is 11.4. The number of fused-ring (bicyclic) bond motifs is 1. The molecule has 1 aromatic carbocycles. The fraction of sp³-hybridized carbons (Fsp3) is 0.273. The molecule has 1 aliphatic heterocycles. The Balaban J connectivity index is 2.13. The largest absolute Gasteiger partial charge is 0.307 e. The van der Waals surface area contributed by atoms with Gasteiger partial charge in [-0.3, -0.25) is 4.99 Å². The van der Waals surface area contributed by atoms with Crippen LogP contribution in [0.2, 0.25) is 0 Å². The lowest BCUT2D eigenvalue weighted by Gasteiger charge is -2.20. The van der Waals surface area contributed by atoms with Crippen LogP contribution in [0.25, 0.3) is 0 Å². The van der Waals surface area contributed by atoms with Crippen molar-refractivity contribution in [2.45, 2.75) is 11.7 Å². The van der Waals surface area contributed by atoms with E-state index in [0.29, 0.717) is 5.25 Å². The minimum Gasteiger partial charge on any atom is -0.307 e. The molecule has 0 saturated heterocycles. The van der Waals surface area contributed by atoms with E-state index in [1.165, 1.54) is 5.56 Å². The van der Waals surface area contributed by atoms with Crippen molar-refractivity contribution >= 4 is 40.2 Å². The minimum absolute atomic E-state index is 0.363. The normalized spacial score (nSPS) is 17.9. The average Bonchev–Trinajstić information content (AvgIpc) is 2.30. The molecule has 0 amide bonds. The van der Waals surface area contributed by atoms with Crippen LogP contribution in [0.1, 0.15) is 17.2 Å². The summed E-state index contributed by atoms with van der Waals surface area (Å²) in [6.07, 6.45) is 2.88. The summed E-state index contributed by atoms with van der Waals surface area (Å²) in [5.74, 6) is 0. The van der Waals surface area contributed by atoms with Gasteiger partial charge in [0.2, 0.25) is 0 Å². The maximum absolute atomic E-state index is 5.21. The van der Waals surface area contributed by atoms with Crippen molar-refractivity contribution in [3.05, 3.63) is 29.8 Å². The number of para-hydroxylation sites is 1. The summed E-state index contributed by atoms with van der Waals surface area (Å²) < 4.78 is 0.762. The van der Waals surface area contributed by atoms with Gasteiger partial charge in [-0.2, -0.15) is 0 Å².